The van der Waals surface area contributed by atoms with E-state index in [1.54, 1.807) is 13.8 Å². The van der Waals surface area contributed by atoms with Crippen molar-refractivity contribution < 1.29 is 36.6 Å². The molecule has 2 aromatic carbocycles. The number of amides is 1. The highest BCUT2D eigenvalue weighted by Crippen LogP contribution is 2.43. The van der Waals surface area contributed by atoms with E-state index in [1.807, 2.05) is 0 Å². The summed E-state index contributed by atoms with van der Waals surface area (Å²) in [6, 6.07) is 7.91. The van der Waals surface area contributed by atoms with Crippen molar-refractivity contribution in [1.29, 1.82) is 5.26 Å². The number of ether oxygens (including phenoxy) is 2. The van der Waals surface area contributed by atoms with Crippen LogP contribution in [-0.2, 0) is 20.4 Å². The van der Waals surface area contributed by atoms with Crippen molar-refractivity contribution in [3.8, 4) is 6.07 Å². The van der Waals surface area contributed by atoms with Crippen LogP contribution < -0.4 is 9.80 Å². The molecule has 2 aliphatic rings. The van der Waals surface area contributed by atoms with Gasteiger partial charge in [-0.25, -0.2) is 9.18 Å². The first-order valence-electron chi connectivity index (χ1n) is 10.8. The molecule has 2 saturated heterocycles. The number of benzene rings is 2. The van der Waals surface area contributed by atoms with E-state index in [-0.39, 0.29) is 41.7 Å². The molecule has 1 amide bonds. The fraction of sp³-hybridized carbons (Fsp3) is 0.333. The summed E-state index contributed by atoms with van der Waals surface area (Å²) in [7, 11) is 0. The summed E-state index contributed by atoms with van der Waals surface area (Å²) in [5.74, 6) is -2.43. The SMILES string of the molecule is CC(C)OC(=O)c1ccc(N2C(=S)N(c3ccc(C#N)c(C(F)(F)F)c3)C(=O)[C@]23CCOC3)cc1F. The maximum Gasteiger partial charge on any atom is 0.417 e. The third-order valence-corrected chi connectivity index (χ3v) is 6.24. The van der Waals surface area contributed by atoms with E-state index in [0.29, 0.717) is 6.07 Å². The molecule has 2 aliphatic heterocycles. The number of nitriles is 1. The van der Waals surface area contributed by atoms with E-state index in [0.717, 1.165) is 17.0 Å². The van der Waals surface area contributed by atoms with Gasteiger partial charge in [0.2, 0.25) is 0 Å². The highest BCUT2D eigenvalue weighted by Gasteiger charge is 2.58. The predicted octanol–water partition coefficient (Wildman–Crippen LogP) is 4.58. The minimum atomic E-state index is -4.84. The summed E-state index contributed by atoms with van der Waals surface area (Å²) in [6.45, 7) is 3.26. The van der Waals surface area contributed by atoms with Crippen LogP contribution in [-0.4, -0.2) is 41.8 Å². The Morgan fingerprint density at radius 2 is 1.92 bits per heavy atom. The Kier molecular flexibility index (Phi) is 6.49. The largest absolute Gasteiger partial charge is 0.459 e. The van der Waals surface area contributed by atoms with Crippen LogP contribution in [0.15, 0.2) is 36.4 Å². The fourth-order valence-corrected chi connectivity index (χ4v) is 4.72. The molecule has 2 heterocycles. The van der Waals surface area contributed by atoms with Gasteiger partial charge in [0.25, 0.3) is 5.91 Å². The summed E-state index contributed by atoms with van der Waals surface area (Å²) in [5, 5.41) is 8.89. The van der Waals surface area contributed by atoms with E-state index >= 15 is 0 Å². The lowest BCUT2D eigenvalue weighted by atomic mass is 9.95. The van der Waals surface area contributed by atoms with E-state index in [1.165, 1.54) is 29.2 Å². The number of nitrogens with zero attached hydrogens (tertiary/aromatic N) is 3. The Labute approximate surface area is 208 Å². The zero-order chi connectivity index (χ0) is 26.4. The number of rotatable bonds is 4. The van der Waals surface area contributed by atoms with E-state index in [2.05, 4.69) is 0 Å². The molecule has 2 fully saturated rings. The van der Waals surface area contributed by atoms with Gasteiger partial charge in [-0.3, -0.25) is 9.69 Å². The molecule has 0 aromatic heterocycles. The second kappa shape index (κ2) is 9.15. The molecule has 0 N–H and O–H groups in total. The molecule has 12 heteroatoms. The Morgan fingerprint density at radius 1 is 1.22 bits per heavy atom. The molecule has 1 atom stereocenters. The molecule has 0 unspecified atom stereocenters. The lowest BCUT2D eigenvalue weighted by molar-refractivity contribution is -0.137. The summed E-state index contributed by atoms with van der Waals surface area (Å²) in [6.07, 6.45) is -5.17. The lowest BCUT2D eigenvalue weighted by Crippen LogP contribution is -2.50. The first-order chi connectivity index (χ1) is 16.9. The molecule has 0 radical (unpaired) electrons. The zero-order valence-corrected chi connectivity index (χ0v) is 19.9. The minimum absolute atomic E-state index is 0.115. The molecule has 2 aromatic rings. The average Bonchev–Trinajstić information content (AvgIpc) is 3.36. The van der Waals surface area contributed by atoms with Gasteiger partial charge in [0.1, 0.15) is 5.82 Å². The number of hydrogen-bond donors (Lipinski definition) is 0. The molecule has 1 spiro atoms. The minimum Gasteiger partial charge on any atom is -0.459 e. The predicted molar refractivity (Wildman–Crippen MR) is 124 cm³/mol. The third kappa shape index (κ3) is 4.18. The molecule has 7 nitrogen and oxygen atoms in total. The van der Waals surface area contributed by atoms with Crippen LogP contribution in [0.1, 0.15) is 41.8 Å². The number of thiocarbonyl (C=S) groups is 1. The first kappa shape index (κ1) is 25.5. The van der Waals surface area contributed by atoms with Crippen molar-refractivity contribution >= 4 is 40.6 Å². The summed E-state index contributed by atoms with van der Waals surface area (Å²) in [4.78, 5) is 28.1. The van der Waals surface area contributed by atoms with Crippen LogP contribution in [0, 0.1) is 17.1 Å². The monoisotopic (exact) mass is 521 g/mol. The topological polar surface area (TPSA) is 82.9 Å². The molecule has 0 bridgehead atoms. The highest BCUT2D eigenvalue weighted by molar-refractivity contribution is 7.81. The van der Waals surface area contributed by atoms with Gasteiger partial charge in [0.15, 0.2) is 10.7 Å². The normalized spacial score (nSPS) is 19.9. The Hall–Kier alpha value is -3.56. The van der Waals surface area contributed by atoms with Crippen molar-refractivity contribution in [2.24, 2.45) is 0 Å². The van der Waals surface area contributed by atoms with Crippen molar-refractivity contribution in [2.45, 2.75) is 38.1 Å². The Morgan fingerprint density at radius 3 is 2.47 bits per heavy atom. The zero-order valence-electron chi connectivity index (χ0n) is 19.1. The Balaban J connectivity index is 1.79. The molecule has 4 rings (SSSR count). The van der Waals surface area contributed by atoms with Gasteiger partial charge in [-0.1, -0.05) is 0 Å². The highest BCUT2D eigenvalue weighted by atomic mass is 32.1. The summed E-state index contributed by atoms with van der Waals surface area (Å²) in [5.41, 5.74) is -3.64. The number of hydrogen-bond acceptors (Lipinski definition) is 6. The van der Waals surface area contributed by atoms with Crippen molar-refractivity contribution in [2.75, 3.05) is 23.0 Å². The quantitative estimate of drug-likeness (QED) is 0.331. The smallest absolute Gasteiger partial charge is 0.417 e. The van der Waals surface area contributed by atoms with Crippen LogP contribution >= 0.6 is 12.2 Å². The third-order valence-electron chi connectivity index (χ3n) is 5.87. The van der Waals surface area contributed by atoms with Gasteiger partial charge in [-0.2, -0.15) is 18.4 Å². The second-order valence-corrected chi connectivity index (χ2v) is 8.92. The van der Waals surface area contributed by atoms with Gasteiger partial charge < -0.3 is 14.4 Å². The maximum absolute atomic E-state index is 14.9. The van der Waals surface area contributed by atoms with Crippen molar-refractivity contribution in [3.63, 3.8) is 0 Å². The molecule has 36 heavy (non-hydrogen) atoms. The van der Waals surface area contributed by atoms with Crippen molar-refractivity contribution in [3.05, 3.63) is 58.9 Å². The number of halogens is 4. The van der Waals surface area contributed by atoms with Crippen molar-refractivity contribution in [1.82, 2.24) is 0 Å². The number of anilines is 2. The van der Waals surface area contributed by atoms with Crippen LogP contribution in [0.3, 0.4) is 0 Å². The van der Waals surface area contributed by atoms with Gasteiger partial charge >= 0.3 is 12.1 Å². The van der Waals surface area contributed by atoms with E-state index in [9.17, 15) is 27.2 Å². The molecule has 0 saturated carbocycles. The van der Waals surface area contributed by atoms with Gasteiger partial charge in [0, 0.05) is 18.7 Å². The van der Waals surface area contributed by atoms with Crippen LogP contribution in [0.4, 0.5) is 28.9 Å². The average molecular weight is 521 g/mol. The fourth-order valence-electron chi connectivity index (χ4n) is 4.25. The van der Waals surface area contributed by atoms with Crippen LogP contribution in [0.2, 0.25) is 0 Å². The molecular formula is C24H19F4N3O4S. The summed E-state index contributed by atoms with van der Waals surface area (Å²) >= 11 is 5.51. The van der Waals surface area contributed by atoms with E-state index in [4.69, 9.17) is 27.0 Å². The van der Waals surface area contributed by atoms with Crippen LogP contribution in [0.25, 0.3) is 0 Å². The number of esters is 1. The molecular weight excluding hydrogens is 502 g/mol. The Bertz CT molecular complexity index is 1300. The maximum atomic E-state index is 14.9. The standard InChI is InChI=1S/C24H19F4N3O4S/c1-13(2)35-20(32)17-6-5-16(10-19(17)25)31-22(36)30(21(33)23(31)7-8-34-12-23)15-4-3-14(11-29)18(9-15)24(26,27)28/h3-6,9-10,13H,7-8,12H2,1-2H3/t23-/m1/s1. The van der Waals surface area contributed by atoms with Gasteiger partial charge in [-0.05, 0) is 62.5 Å². The van der Waals surface area contributed by atoms with Crippen LogP contribution in [0.5, 0.6) is 0 Å². The lowest BCUT2D eigenvalue weighted by Gasteiger charge is -2.31. The molecule has 188 valence electrons. The number of carbonyl (C=O) groups is 2. The molecule has 0 aliphatic carbocycles. The number of carbonyl (C=O) groups excluding carboxylic acids is 2. The van der Waals surface area contributed by atoms with Gasteiger partial charge in [-0.15, -0.1) is 0 Å². The number of alkyl halides is 3. The second-order valence-electron chi connectivity index (χ2n) is 8.55. The van der Waals surface area contributed by atoms with Gasteiger partial charge in [0.05, 0.1) is 41.2 Å². The first-order valence-corrected chi connectivity index (χ1v) is 11.2. The summed E-state index contributed by atoms with van der Waals surface area (Å²) < 4.78 is 66.1. The van der Waals surface area contributed by atoms with E-state index < -0.39 is 46.6 Å².